The van der Waals surface area contributed by atoms with Crippen molar-refractivity contribution in [2.45, 2.75) is 70.6 Å². The number of pyridine rings is 1. The van der Waals surface area contributed by atoms with Crippen LogP contribution in [0, 0.1) is 5.41 Å². The van der Waals surface area contributed by atoms with Crippen LogP contribution in [0.2, 0.25) is 0 Å². The van der Waals surface area contributed by atoms with Gasteiger partial charge in [0.1, 0.15) is 0 Å². The lowest BCUT2D eigenvalue weighted by Crippen LogP contribution is -2.55. The molecule has 1 aliphatic carbocycles. The van der Waals surface area contributed by atoms with Gasteiger partial charge in [-0.15, -0.1) is 0 Å². The summed E-state index contributed by atoms with van der Waals surface area (Å²) in [5.74, 6) is 0.362. The summed E-state index contributed by atoms with van der Waals surface area (Å²) in [6.45, 7) is 5.82. The van der Waals surface area contributed by atoms with Crippen LogP contribution in [0.15, 0.2) is 24.5 Å². The van der Waals surface area contributed by atoms with Crippen molar-refractivity contribution in [3.05, 3.63) is 30.1 Å². The zero-order valence-electron chi connectivity index (χ0n) is 17.3. The summed E-state index contributed by atoms with van der Waals surface area (Å²) >= 11 is 0. The third-order valence-corrected chi connectivity index (χ3v) is 7.19. The maximum atomic E-state index is 13.4. The molecule has 3 heterocycles. The SMILES string of the molecule is CC(=O)N1C[C@@H]2C[C@@]3(C)[C@H](CCCC[C@@H]13)N2C(=O)CN(C)Cc1cccnc1. The van der Waals surface area contributed by atoms with E-state index in [0.717, 1.165) is 37.7 Å². The van der Waals surface area contributed by atoms with Crippen molar-refractivity contribution in [1.82, 2.24) is 19.7 Å². The molecule has 0 radical (unpaired) electrons. The largest absolute Gasteiger partial charge is 0.337 e. The molecule has 0 aromatic carbocycles. The molecule has 3 fully saturated rings. The number of carbonyl (C=O) groups is 2. The fourth-order valence-corrected chi connectivity index (χ4v) is 6.06. The van der Waals surface area contributed by atoms with Gasteiger partial charge >= 0.3 is 0 Å². The van der Waals surface area contributed by atoms with Gasteiger partial charge in [-0.3, -0.25) is 19.5 Å². The molecule has 2 bridgehead atoms. The number of likely N-dealkylation sites (tertiary alicyclic amines) is 2. The Morgan fingerprint density at radius 3 is 2.71 bits per heavy atom. The van der Waals surface area contributed by atoms with Crippen LogP contribution < -0.4 is 0 Å². The number of amides is 2. The Labute approximate surface area is 167 Å². The Hall–Kier alpha value is -1.95. The molecular weight excluding hydrogens is 352 g/mol. The number of piperidine rings is 1. The molecule has 0 spiro atoms. The first-order chi connectivity index (χ1) is 13.4. The van der Waals surface area contributed by atoms with Crippen molar-refractivity contribution < 1.29 is 9.59 Å². The number of likely N-dealkylation sites (N-methyl/N-ethyl adjacent to an activating group) is 1. The minimum Gasteiger partial charge on any atom is -0.337 e. The molecule has 152 valence electrons. The van der Waals surface area contributed by atoms with E-state index in [4.69, 9.17) is 0 Å². The zero-order valence-corrected chi connectivity index (χ0v) is 17.3. The second-order valence-corrected chi connectivity index (χ2v) is 9.19. The summed E-state index contributed by atoms with van der Waals surface area (Å²) < 4.78 is 0. The topological polar surface area (TPSA) is 56.8 Å². The van der Waals surface area contributed by atoms with Crippen LogP contribution in [0.5, 0.6) is 0 Å². The molecule has 0 N–H and O–H groups in total. The van der Waals surface area contributed by atoms with E-state index in [9.17, 15) is 9.59 Å². The Morgan fingerprint density at radius 2 is 2.04 bits per heavy atom. The van der Waals surface area contributed by atoms with Crippen LogP contribution in [-0.4, -0.2) is 69.8 Å². The van der Waals surface area contributed by atoms with Gasteiger partial charge in [-0.05, 0) is 37.9 Å². The fourth-order valence-electron chi connectivity index (χ4n) is 6.06. The van der Waals surface area contributed by atoms with Gasteiger partial charge in [-0.1, -0.05) is 25.8 Å². The van der Waals surface area contributed by atoms with Gasteiger partial charge in [-0.25, -0.2) is 0 Å². The predicted octanol–water partition coefficient (Wildman–Crippen LogP) is 2.29. The van der Waals surface area contributed by atoms with Gasteiger partial charge in [0.2, 0.25) is 11.8 Å². The van der Waals surface area contributed by atoms with E-state index in [0.29, 0.717) is 19.6 Å². The van der Waals surface area contributed by atoms with E-state index in [1.54, 1.807) is 13.1 Å². The van der Waals surface area contributed by atoms with Crippen molar-refractivity contribution >= 4 is 11.8 Å². The number of hydrogen-bond donors (Lipinski definition) is 0. The highest BCUT2D eigenvalue weighted by atomic mass is 16.2. The minimum absolute atomic E-state index is 0.0304. The first kappa shape index (κ1) is 19.4. The molecule has 6 nitrogen and oxygen atoms in total. The molecule has 2 saturated heterocycles. The van der Waals surface area contributed by atoms with Crippen LogP contribution >= 0.6 is 0 Å². The van der Waals surface area contributed by atoms with Crippen LogP contribution in [0.4, 0.5) is 0 Å². The molecule has 4 rings (SSSR count). The highest BCUT2D eigenvalue weighted by molar-refractivity contribution is 5.80. The lowest BCUT2D eigenvalue weighted by molar-refractivity contribution is -0.138. The molecule has 28 heavy (non-hydrogen) atoms. The third-order valence-electron chi connectivity index (χ3n) is 7.19. The normalized spacial score (nSPS) is 31.8. The second kappa shape index (κ2) is 7.47. The number of carbonyl (C=O) groups excluding carboxylic acids is 2. The maximum Gasteiger partial charge on any atom is 0.237 e. The molecule has 4 atom stereocenters. The average Bonchev–Trinajstić information content (AvgIpc) is 2.76. The number of aromatic nitrogens is 1. The van der Waals surface area contributed by atoms with E-state index in [-0.39, 0.29) is 35.4 Å². The first-order valence-corrected chi connectivity index (χ1v) is 10.6. The highest BCUT2D eigenvalue weighted by Crippen LogP contribution is 2.53. The lowest BCUT2D eigenvalue weighted by Gasteiger charge is -2.46. The van der Waals surface area contributed by atoms with Crippen LogP contribution in [0.3, 0.4) is 0 Å². The number of fused-ring (bicyclic) bond motifs is 1. The van der Waals surface area contributed by atoms with Gasteiger partial charge in [-0.2, -0.15) is 0 Å². The molecule has 1 aromatic rings. The molecule has 3 aliphatic rings. The van der Waals surface area contributed by atoms with Gasteiger partial charge in [0.25, 0.3) is 0 Å². The van der Waals surface area contributed by atoms with Gasteiger partial charge in [0.05, 0.1) is 12.6 Å². The van der Waals surface area contributed by atoms with Gasteiger partial charge in [0.15, 0.2) is 0 Å². The first-order valence-electron chi connectivity index (χ1n) is 10.6. The lowest BCUT2D eigenvalue weighted by atomic mass is 9.71. The predicted molar refractivity (Wildman–Crippen MR) is 107 cm³/mol. The number of nitrogens with zero attached hydrogens (tertiary/aromatic N) is 4. The smallest absolute Gasteiger partial charge is 0.237 e. The summed E-state index contributed by atoms with van der Waals surface area (Å²) in [5.41, 5.74) is 1.14. The van der Waals surface area contributed by atoms with E-state index in [1.807, 2.05) is 25.4 Å². The Bertz CT molecular complexity index is 739. The van der Waals surface area contributed by atoms with Gasteiger partial charge in [0, 0.05) is 49.9 Å². The van der Waals surface area contributed by atoms with Crippen molar-refractivity contribution in [3.8, 4) is 0 Å². The molecule has 6 heteroatoms. The minimum atomic E-state index is 0.0304. The van der Waals surface area contributed by atoms with Crippen LogP contribution in [0.1, 0.15) is 51.5 Å². The maximum absolute atomic E-state index is 13.4. The van der Waals surface area contributed by atoms with E-state index in [1.165, 1.54) is 0 Å². The highest BCUT2D eigenvalue weighted by Gasteiger charge is 2.60. The summed E-state index contributed by atoms with van der Waals surface area (Å²) in [4.78, 5) is 36.2. The van der Waals surface area contributed by atoms with Crippen LogP contribution in [0.25, 0.3) is 0 Å². The third kappa shape index (κ3) is 3.32. The van der Waals surface area contributed by atoms with E-state index >= 15 is 0 Å². The number of hydrogen-bond acceptors (Lipinski definition) is 4. The summed E-state index contributed by atoms with van der Waals surface area (Å²) in [6, 6.07) is 4.66. The Kier molecular flexibility index (Phi) is 5.17. The Morgan fingerprint density at radius 1 is 1.29 bits per heavy atom. The molecule has 1 aromatic heterocycles. The Balaban J connectivity index is 1.52. The summed E-state index contributed by atoms with van der Waals surface area (Å²) in [7, 11) is 1.99. The molecule has 0 unspecified atom stereocenters. The second-order valence-electron chi connectivity index (χ2n) is 9.19. The zero-order chi connectivity index (χ0) is 19.9. The van der Waals surface area contributed by atoms with Crippen molar-refractivity contribution in [1.29, 1.82) is 0 Å². The van der Waals surface area contributed by atoms with Crippen LogP contribution in [-0.2, 0) is 16.1 Å². The van der Waals surface area contributed by atoms with Gasteiger partial charge < -0.3 is 9.80 Å². The number of rotatable bonds is 4. The van der Waals surface area contributed by atoms with Crippen molar-refractivity contribution in [2.24, 2.45) is 5.41 Å². The average molecular weight is 385 g/mol. The fraction of sp³-hybridized carbons (Fsp3) is 0.682. The summed E-state index contributed by atoms with van der Waals surface area (Å²) in [5, 5.41) is 0. The molecule has 2 aliphatic heterocycles. The standard InChI is InChI=1S/C22H32N4O2/c1-16(27)25-14-18-11-22(2)19(25)8-4-5-9-20(22)26(18)21(28)15-24(3)13-17-7-6-10-23-12-17/h6-7,10,12,18-20H,4-5,8-9,11,13-15H2,1-3H3/t18-,19+,20-,22+/m0/s1. The van der Waals surface area contributed by atoms with Crippen molar-refractivity contribution in [2.75, 3.05) is 20.1 Å². The molecule has 2 amide bonds. The van der Waals surface area contributed by atoms with E-state index < -0.39 is 0 Å². The summed E-state index contributed by atoms with van der Waals surface area (Å²) in [6.07, 6.45) is 9.08. The molecular formula is C22H32N4O2. The van der Waals surface area contributed by atoms with Crippen molar-refractivity contribution in [3.63, 3.8) is 0 Å². The molecule has 1 saturated carbocycles. The van der Waals surface area contributed by atoms with E-state index in [2.05, 4.69) is 26.6 Å². The monoisotopic (exact) mass is 384 g/mol. The quantitative estimate of drug-likeness (QED) is 0.799.